The molecule has 4 aromatic rings. The van der Waals surface area contributed by atoms with E-state index in [1.807, 2.05) is 35.9 Å². The van der Waals surface area contributed by atoms with Crippen LogP contribution in [0.3, 0.4) is 0 Å². The van der Waals surface area contributed by atoms with Gasteiger partial charge >= 0.3 is 0 Å². The van der Waals surface area contributed by atoms with E-state index in [0.717, 1.165) is 16.9 Å². The van der Waals surface area contributed by atoms with Crippen LogP contribution in [0.15, 0.2) is 67.1 Å². The van der Waals surface area contributed by atoms with Crippen LogP contribution in [0.5, 0.6) is 11.6 Å². The lowest BCUT2D eigenvalue weighted by molar-refractivity contribution is 0.102. The second-order valence-electron chi connectivity index (χ2n) is 7.12. The van der Waals surface area contributed by atoms with E-state index in [9.17, 15) is 4.79 Å². The van der Waals surface area contributed by atoms with Gasteiger partial charge in [0.2, 0.25) is 5.88 Å². The maximum Gasteiger partial charge on any atom is 0.255 e. The number of benzene rings is 1. The predicted molar refractivity (Wildman–Crippen MR) is 120 cm³/mol. The van der Waals surface area contributed by atoms with Crippen molar-refractivity contribution in [2.24, 2.45) is 0 Å². The molecule has 0 bridgehead atoms. The number of nitrogens with zero attached hydrogens (tertiary/aromatic N) is 3. The van der Waals surface area contributed by atoms with E-state index < -0.39 is 0 Å². The fourth-order valence-corrected chi connectivity index (χ4v) is 3.15. The summed E-state index contributed by atoms with van der Waals surface area (Å²) in [5.41, 5.74) is 3.84. The Morgan fingerprint density at radius 2 is 1.91 bits per heavy atom. The van der Waals surface area contributed by atoms with Crippen LogP contribution in [-0.4, -0.2) is 40.6 Å². The standard InChI is InChI=1S/C24H24N4O4/c1-17-5-4-12-28-15-19(26-22(17)28)16-32-20-9-7-18(8-10-20)23(29)27-21-6-3-11-25-24(21)31-14-13-30-2/h3-12,15H,13-14,16H2,1-2H3,(H,27,29). The SMILES string of the molecule is COCCOc1ncccc1NC(=O)c1ccc(OCc2cn3cccc(C)c3n2)cc1. The molecule has 1 aromatic carbocycles. The number of anilines is 1. The van der Waals surface area contributed by atoms with Crippen molar-refractivity contribution in [3.8, 4) is 11.6 Å². The van der Waals surface area contributed by atoms with Gasteiger partial charge in [0.05, 0.1) is 12.3 Å². The van der Waals surface area contributed by atoms with Gasteiger partial charge in [0.25, 0.3) is 5.91 Å². The molecule has 0 aliphatic rings. The highest BCUT2D eigenvalue weighted by molar-refractivity contribution is 6.04. The largest absolute Gasteiger partial charge is 0.487 e. The molecule has 0 spiro atoms. The van der Waals surface area contributed by atoms with E-state index in [4.69, 9.17) is 14.2 Å². The third-order valence-corrected chi connectivity index (χ3v) is 4.78. The van der Waals surface area contributed by atoms with E-state index >= 15 is 0 Å². The summed E-state index contributed by atoms with van der Waals surface area (Å²) < 4.78 is 18.4. The summed E-state index contributed by atoms with van der Waals surface area (Å²) in [6, 6.07) is 14.4. The van der Waals surface area contributed by atoms with Gasteiger partial charge in [-0.2, -0.15) is 0 Å². The molecule has 0 saturated heterocycles. The molecule has 0 aliphatic carbocycles. The molecule has 8 nitrogen and oxygen atoms in total. The van der Waals surface area contributed by atoms with Gasteiger partial charge in [-0.15, -0.1) is 0 Å². The summed E-state index contributed by atoms with van der Waals surface area (Å²) in [6.45, 7) is 3.13. The maximum absolute atomic E-state index is 12.6. The molecule has 32 heavy (non-hydrogen) atoms. The van der Waals surface area contributed by atoms with Crippen molar-refractivity contribution >= 4 is 17.2 Å². The van der Waals surface area contributed by atoms with Crippen LogP contribution in [0.4, 0.5) is 5.69 Å². The Morgan fingerprint density at radius 3 is 2.69 bits per heavy atom. The second-order valence-corrected chi connectivity index (χ2v) is 7.12. The molecule has 0 radical (unpaired) electrons. The first kappa shape index (κ1) is 21.3. The number of ether oxygens (including phenoxy) is 3. The van der Waals surface area contributed by atoms with E-state index in [0.29, 0.717) is 42.7 Å². The van der Waals surface area contributed by atoms with Crippen LogP contribution in [-0.2, 0) is 11.3 Å². The highest BCUT2D eigenvalue weighted by Gasteiger charge is 2.11. The average Bonchev–Trinajstić information content (AvgIpc) is 3.24. The van der Waals surface area contributed by atoms with Crippen LogP contribution in [0.1, 0.15) is 21.6 Å². The number of carbonyl (C=O) groups excluding carboxylic acids is 1. The predicted octanol–water partition coefficient (Wildman–Crippen LogP) is 3.89. The molecule has 3 heterocycles. The number of aryl methyl sites for hydroxylation is 1. The Labute approximate surface area is 185 Å². The van der Waals surface area contributed by atoms with Crippen LogP contribution < -0.4 is 14.8 Å². The zero-order valence-electron chi connectivity index (χ0n) is 17.9. The molecule has 0 fully saturated rings. The lowest BCUT2D eigenvalue weighted by atomic mass is 10.2. The van der Waals surface area contributed by atoms with E-state index in [2.05, 4.69) is 15.3 Å². The molecule has 0 unspecified atom stereocenters. The van der Waals surface area contributed by atoms with Crippen LogP contribution in [0.25, 0.3) is 5.65 Å². The van der Waals surface area contributed by atoms with Crippen molar-refractivity contribution in [2.75, 3.05) is 25.6 Å². The van der Waals surface area contributed by atoms with E-state index in [1.165, 1.54) is 0 Å². The molecule has 0 atom stereocenters. The highest BCUT2D eigenvalue weighted by Crippen LogP contribution is 2.22. The van der Waals surface area contributed by atoms with Crippen LogP contribution >= 0.6 is 0 Å². The van der Waals surface area contributed by atoms with Gasteiger partial charge in [-0.3, -0.25) is 4.79 Å². The molecular weight excluding hydrogens is 408 g/mol. The monoisotopic (exact) mass is 432 g/mol. The molecule has 4 rings (SSSR count). The van der Waals surface area contributed by atoms with Crippen molar-refractivity contribution in [3.63, 3.8) is 0 Å². The van der Waals surface area contributed by atoms with E-state index in [-0.39, 0.29) is 5.91 Å². The third-order valence-electron chi connectivity index (χ3n) is 4.78. The van der Waals surface area contributed by atoms with Crippen LogP contribution in [0.2, 0.25) is 0 Å². The lowest BCUT2D eigenvalue weighted by Gasteiger charge is -2.11. The Balaban J connectivity index is 1.37. The molecule has 0 aliphatic heterocycles. The maximum atomic E-state index is 12.6. The molecular formula is C24H24N4O4. The quantitative estimate of drug-likeness (QED) is 0.404. The Kier molecular flexibility index (Phi) is 6.62. The molecule has 1 amide bonds. The third kappa shape index (κ3) is 5.04. The smallest absolute Gasteiger partial charge is 0.255 e. The first-order valence-corrected chi connectivity index (χ1v) is 10.2. The first-order chi connectivity index (χ1) is 15.6. The molecule has 8 heteroatoms. The number of imidazole rings is 1. The fourth-order valence-electron chi connectivity index (χ4n) is 3.15. The highest BCUT2D eigenvalue weighted by atomic mass is 16.5. The molecule has 1 N–H and O–H groups in total. The second kappa shape index (κ2) is 9.93. The lowest BCUT2D eigenvalue weighted by Crippen LogP contribution is -2.14. The van der Waals surface area contributed by atoms with Gasteiger partial charge < -0.3 is 23.9 Å². The first-order valence-electron chi connectivity index (χ1n) is 10.2. The van der Waals surface area contributed by atoms with Gasteiger partial charge in [0, 0.05) is 31.3 Å². The fraction of sp³-hybridized carbons (Fsp3) is 0.208. The van der Waals surface area contributed by atoms with Crippen molar-refractivity contribution in [1.82, 2.24) is 14.4 Å². The number of nitrogens with one attached hydrogen (secondary N) is 1. The number of hydrogen-bond donors (Lipinski definition) is 1. The number of aromatic nitrogens is 3. The number of amides is 1. The van der Waals surface area contributed by atoms with Gasteiger partial charge in [0.15, 0.2) is 0 Å². The zero-order valence-corrected chi connectivity index (χ0v) is 17.9. The Morgan fingerprint density at radius 1 is 1.06 bits per heavy atom. The summed E-state index contributed by atoms with van der Waals surface area (Å²) >= 11 is 0. The topological polar surface area (TPSA) is 87.0 Å². The minimum Gasteiger partial charge on any atom is -0.487 e. The number of pyridine rings is 2. The summed E-state index contributed by atoms with van der Waals surface area (Å²) in [5.74, 6) is 0.734. The van der Waals surface area contributed by atoms with Crippen molar-refractivity contribution in [3.05, 3.63) is 83.9 Å². The molecule has 3 aromatic heterocycles. The Bertz CT molecular complexity index is 1200. The molecule has 164 valence electrons. The van der Waals surface area contributed by atoms with E-state index in [1.54, 1.807) is 49.7 Å². The summed E-state index contributed by atoms with van der Waals surface area (Å²) in [7, 11) is 1.59. The van der Waals surface area contributed by atoms with Gasteiger partial charge in [0.1, 0.15) is 30.3 Å². The van der Waals surface area contributed by atoms with Crippen molar-refractivity contribution in [1.29, 1.82) is 0 Å². The minimum absolute atomic E-state index is 0.267. The summed E-state index contributed by atoms with van der Waals surface area (Å²) in [5, 5.41) is 2.83. The summed E-state index contributed by atoms with van der Waals surface area (Å²) in [6.07, 6.45) is 5.52. The molecule has 0 saturated carbocycles. The zero-order chi connectivity index (χ0) is 22.3. The van der Waals surface area contributed by atoms with Gasteiger partial charge in [-0.25, -0.2) is 9.97 Å². The Hall–Kier alpha value is -3.91. The van der Waals surface area contributed by atoms with Crippen molar-refractivity contribution in [2.45, 2.75) is 13.5 Å². The number of methoxy groups -OCH3 is 1. The van der Waals surface area contributed by atoms with Gasteiger partial charge in [-0.1, -0.05) is 6.07 Å². The minimum atomic E-state index is -0.267. The number of fused-ring (bicyclic) bond motifs is 1. The summed E-state index contributed by atoms with van der Waals surface area (Å²) in [4.78, 5) is 21.4. The normalized spacial score (nSPS) is 10.8. The number of rotatable bonds is 9. The van der Waals surface area contributed by atoms with Crippen LogP contribution in [0, 0.1) is 6.92 Å². The van der Waals surface area contributed by atoms with Gasteiger partial charge in [-0.05, 0) is 55.0 Å². The average molecular weight is 432 g/mol. The number of carbonyl (C=O) groups is 1. The van der Waals surface area contributed by atoms with Crippen molar-refractivity contribution < 1.29 is 19.0 Å². The number of hydrogen-bond acceptors (Lipinski definition) is 6.